The lowest BCUT2D eigenvalue weighted by Gasteiger charge is -2.25. The minimum atomic E-state index is 0.833. The first-order chi connectivity index (χ1) is 6.36. The van der Waals surface area contributed by atoms with E-state index in [0.29, 0.717) is 0 Å². The van der Waals surface area contributed by atoms with Gasteiger partial charge in [0.15, 0.2) is 0 Å². The monoisotopic (exact) mass is 239 g/mol. The predicted molar refractivity (Wildman–Crippen MR) is 57.1 cm³/mol. The van der Waals surface area contributed by atoms with Crippen LogP contribution in [0.2, 0.25) is 0 Å². The topological polar surface area (TPSA) is 15.8 Å². The van der Waals surface area contributed by atoms with Crippen molar-refractivity contribution in [2.75, 3.05) is 0 Å². The SMILES string of the molecule is Brc1c(C2CCC2)[nH]c2c1CCC2. The van der Waals surface area contributed by atoms with Crippen LogP contribution in [0.5, 0.6) is 0 Å². The molecule has 13 heavy (non-hydrogen) atoms. The predicted octanol–water partition coefficient (Wildman–Crippen LogP) is 3.53. The maximum absolute atomic E-state index is 3.75. The average Bonchev–Trinajstić information content (AvgIpc) is 2.54. The van der Waals surface area contributed by atoms with Crippen molar-refractivity contribution >= 4 is 15.9 Å². The molecule has 1 nitrogen and oxygen atoms in total. The second kappa shape index (κ2) is 2.88. The maximum Gasteiger partial charge on any atom is 0.0420 e. The Kier molecular flexibility index (Phi) is 1.79. The Morgan fingerprint density at radius 1 is 1.15 bits per heavy atom. The van der Waals surface area contributed by atoms with E-state index in [-0.39, 0.29) is 0 Å². The summed E-state index contributed by atoms with van der Waals surface area (Å²) >= 11 is 3.75. The molecule has 2 heteroatoms. The van der Waals surface area contributed by atoms with E-state index in [1.165, 1.54) is 54.4 Å². The number of hydrogen-bond donors (Lipinski definition) is 1. The van der Waals surface area contributed by atoms with Crippen molar-refractivity contribution in [1.29, 1.82) is 0 Å². The molecule has 0 spiro atoms. The summed E-state index contributed by atoms with van der Waals surface area (Å²) < 4.78 is 1.41. The standard InChI is InChI=1S/C11H14BrN/c12-10-8-5-2-6-9(8)13-11(10)7-3-1-4-7/h7,13H,1-6H2. The zero-order chi connectivity index (χ0) is 8.84. The lowest BCUT2D eigenvalue weighted by Crippen LogP contribution is -2.09. The number of aryl methyl sites for hydroxylation is 1. The second-order valence-electron chi connectivity index (χ2n) is 4.29. The van der Waals surface area contributed by atoms with E-state index in [2.05, 4.69) is 20.9 Å². The van der Waals surface area contributed by atoms with Gasteiger partial charge in [0.1, 0.15) is 0 Å². The minimum Gasteiger partial charge on any atom is -0.361 e. The van der Waals surface area contributed by atoms with Gasteiger partial charge in [-0.25, -0.2) is 0 Å². The minimum absolute atomic E-state index is 0.833. The number of halogens is 1. The third kappa shape index (κ3) is 1.11. The van der Waals surface area contributed by atoms with E-state index in [4.69, 9.17) is 0 Å². The molecule has 2 aliphatic rings. The van der Waals surface area contributed by atoms with Crippen LogP contribution >= 0.6 is 15.9 Å². The molecule has 0 amide bonds. The Bertz CT molecular complexity index is 336. The lowest BCUT2D eigenvalue weighted by molar-refractivity contribution is 0.410. The summed E-state index contributed by atoms with van der Waals surface area (Å²) in [6, 6.07) is 0. The van der Waals surface area contributed by atoms with Crippen LogP contribution in [0.25, 0.3) is 0 Å². The van der Waals surface area contributed by atoms with Gasteiger partial charge in [0, 0.05) is 21.8 Å². The highest BCUT2D eigenvalue weighted by Crippen LogP contribution is 2.43. The number of rotatable bonds is 1. The fraction of sp³-hybridized carbons (Fsp3) is 0.636. The van der Waals surface area contributed by atoms with Gasteiger partial charge < -0.3 is 4.98 Å². The van der Waals surface area contributed by atoms with E-state index >= 15 is 0 Å². The molecular weight excluding hydrogens is 226 g/mol. The van der Waals surface area contributed by atoms with Gasteiger partial charge in [0.05, 0.1) is 0 Å². The molecule has 0 aliphatic heterocycles. The lowest BCUT2D eigenvalue weighted by atomic mass is 9.83. The number of aromatic nitrogens is 1. The number of hydrogen-bond acceptors (Lipinski definition) is 0. The molecule has 1 saturated carbocycles. The Morgan fingerprint density at radius 2 is 2.00 bits per heavy atom. The molecule has 0 unspecified atom stereocenters. The Morgan fingerprint density at radius 3 is 2.62 bits per heavy atom. The molecule has 0 aromatic carbocycles. The maximum atomic E-state index is 3.75. The Balaban J connectivity index is 2.01. The van der Waals surface area contributed by atoms with Crippen molar-refractivity contribution in [3.8, 4) is 0 Å². The summed E-state index contributed by atoms with van der Waals surface area (Å²) in [7, 11) is 0. The number of nitrogens with one attached hydrogen (secondary N) is 1. The zero-order valence-corrected chi connectivity index (χ0v) is 9.28. The first-order valence-electron chi connectivity index (χ1n) is 5.25. The summed E-state index contributed by atoms with van der Waals surface area (Å²) in [6.07, 6.45) is 8.07. The largest absolute Gasteiger partial charge is 0.361 e. The molecule has 1 aromatic rings. The molecule has 1 heterocycles. The molecule has 0 radical (unpaired) electrons. The molecule has 1 aromatic heterocycles. The van der Waals surface area contributed by atoms with E-state index < -0.39 is 0 Å². The van der Waals surface area contributed by atoms with Gasteiger partial charge in [-0.1, -0.05) is 6.42 Å². The van der Waals surface area contributed by atoms with Gasteiger partial charge in [0.25, 0.3) is 0 Å². The van der Waals surface area contributed by atoms with Gasteiger partial charge in [-0.15, -0.1) is 0 Å². The van der Waals surface area contributed by atoms with Gasteiger partial charge in [0.2, 0.25) is 0 Å². The third-order valence-electron chi connectivity index (χ3n) is 3.52. The van der Waals surface area contributed by atoms with Gasteiger partial charge in [-0.3, -0.25) is 0 Å². The molecular formula is C11H14BrN. The van der Waals surface area contributed by atoms with Crippen LogP contribution in [0.3, 0.4) is 0 Å². The van der Waals surface area contributed by atoms with Crippen LogP contribution in [-0.4, -0.2) is 4.98 Å². The van der Waals surface area contributed by atoms with E-state index in [1.54, 1.807) is 5.56 Å². The van der Waals surface area contributed by atoms with E-state index in [1.807, 2.05) is 0 Å². The Hall–Kier alpha value is -0.240. The van der Waals surface area contributed by atoms with Crippen molar-refractivity contribution in [3.05, 3.63) is 21.4 Å². The molecule has 2 aliphatic carbocycles. The first-order valence-corrected chi connectivity index (χ1v) is 6.04. The van der Waals surface area contributed by atoms with Gasteiger partial charge >= 0.3 is 0 Å². The van der Waals surface area contributed by atoms with E-state index in [9.17, 15) is 0 Å². The fourth-order valence-corrected chi connectivity index (χ4v) is 3.34. The first kappa shape index (κ1) is 8.10. The normalized spacial score (nSPS) is 21.6. The number of H-pyrrole nitrogens is 1. The Labute approximate surface area is 87.1 Å². The van der Waals surface area contributed by atoms with Crippen molar-refractivity contribution in [2.45, 2.75) is 44.4 Å². The smallest absolute Gasteiger partial charge is 0.0420 e. The molecule has 1 N–H and O–H groups in total. The highest BCUT2D eigenvalue weighted by Gasteiger charge is 2.27. The van der Waals surface area contributed by atoms with Crippen LogP contribution in [0, 0.1) is 0 Å². The van der Waals surface area contributed by atoms with Crippen molar-refractivity contribution < 1.29 is 0 Å². The van der Waals surface area contributed by atoms with Gasteiger partial charge in [-0.2, -0.15) is 0 Å². The quantitative estimate of drug-likeness (QED) is 0.772. The highest BCUT2D eigenvalue weighted by atomic mass is 79.9. The highest BCUT2D eigenvalue weighted by molar-refractivity contribution is 9.10. The van der Waals surface area contributed by atoms with Gasteiger partial charge in [-0.05, 0) is 53.6 Å². The van der Waals surface area contributed by atoms with Crippen LogP contribution in [-0.2, 0) is 12.8 Å². The fourth-order valence-electron chi connectivity index (χ4n) is 2.48. The molecule has 0 bridgehead atoms. The zero-order valence-electron chi connectivity index (χ0n) is 7.70. The molecule has 70 valence electrons. The van der Waals surface area contributed by atoms with Crippen LogP contribution in [0.4, 0.5) is 0 Å². The van der Waals surface area contributed by atoms with E-state index in [0.717, 1.165) is 5.92 Å². The summed E-state index contributed by atoms with van der Waals surface area (Å²) in [4.78, 5) is 3.62. The molecule has 0 saturated heterocycles. The van der Waals surface area contributed by atoms with Crippen LogP contribution in [0.1, 0.15) is 48.6 Å². The number of aromatic amines is 1. The molecule has 1 fully saturated rings. The molecule has 0 atom stereocenters. The summed E-state index contributed by atoms with van der Waals surface area (Å²) in [5.41, 5.74) is 4.58. The summed E-state index contributed by atoms with van der Waals surface area (Å²) in [5, 5.41) is 0. The van der Waals surface area contributed by atoms with Crippen LogP contribution in [0.15, 0.2) is 4.47 Å². The summed E-state index contributed by atoms with van der Waals surface area (Å²) in [6.45, 7) is 0. The van der Waals surface area contributed by atoms with Crippen molar-refractivity contribution in [1.82, 2.24) is 4.98 Å². The molecule has 3 rings (SSSR count). The second-order valence-corrected chi connectivity index (χ2v) is 5.08. The average molecular weight is 240 g/mol. The number of fused-ring (bicyclic) bond motifs is 1. The van der Waals surface area contributed by atoms with Crippen molar-refractivity contribution in [3.63, 3.8) is 0 Å². The third-order valence-corrected chi connectivity index (χ3v) is 4.42. The van der Waals surface area contributed by atoms with Crippen molar-refractivity contribution in [2.24, 2.45) is 0 Å². The summed E-state index contributed by atoms with van der Waals surface area (Å²) in [5.74, 6) is 0.833. The van der Waals surface area contributed by atoms with Crippen LogP contribution < -0.4 is 0 Å².